The Labute approximate surface area is 219 Å². The molecule has 1 aromatic carbocycles. The van der Waals surface area contributed by atoms with E-state index < -0.39 is 21.8 Å². The quantitative estimate of drug-likeness (QED) is 0.451. The van der Waals surface area contributed by atoms with Crippen LogP contribution in [-0.2, 0) is 16.2 Å². The number of hydrogen-bond acceptors (Lipinski definition) is 7. The van der Waals surface area contributed by atoms with Crippen molar-refractivity contribution < 1.29 is 26.3 Å². The molecule has 1 saturated carbocycles. The maximum atomic E-state index is 13.3. The van der Waals surface area contributed by atoms with Crippen molar-refractivity contribution in [2.45, 2.75) is 61.2 Å². The Hall–Kier alpha value is -3.25. The smallest absolute Gasteiger partial charge is 0.416 e. The van der Waals surface area contributed by atoms with Gasteiger partial charge in [-0.05, 0) is 74.9 Å². The molecule has 202 valence electrons. The number of nitrogens with one attached hydrogen (secondary N) is 1. The fourth-order valence-electron chi connectivity index (χ4n) is 5.28. The van der Waals surface area contributed by atoms with Gasteiger partial charge in [0.1, 0.15) is 23.1 Å². The number of nitrogens with zero attached hydrogens (tertiary/aromatic N) is 4. The number of rotatable bonds is 7. The molecule has 2 aromatic heterocycles. The van der Waals surface area contributed by atoms with Gasteiger partial charge in [-0.15, -0.1) is 0 Å². The molecule has 0 unspecified atom stereocenters. The second kappa shape index (κ2) is 10.9. The van der Waals surface area contributed by atoms with Gasteiger partial charge in [-0.25, -0.2) is 23.4 Å². The van der Waals surface area contributed by atoms with Gasteiger partial charge < -0.3 is 4.74 Å². The lowest BCUT2D eigenvalue weighted by Crippen LogP contribution is -2.48. The molecular formula is C26H28F3N5O3S. The summed E-state index contributed by atoms with van der Waals surface area (Å²) in [6.07, 6.45) is 3.49. The Morgan fingerprint density at radius 1 is 1.03 bits per heavy atom. The highest BCUT2D eigenvalue weighted by molar-refractivity contribution is 7.92. The normalized spacial score (nSPS) is 22.8. The van der Waals surface area contributed by atoms with Gasteiger partial charge in [0.2, 0.25) is 5.88 Å². The van der Waals surface area contributed by atoms with Crippen LogP contribution in [0.1, 0.15) is 49.1 Å². The van der Waals surface area contributed by atoms with E-state index in [1.807, 2.05) is 0 Å². The van der Waals surface area contributed by atoms with Crippen molar-refractivity contribution in [3.8, 4) is 5.88 Å². The van der Waals surface area contributed by atoms with E-state index >= 15 is 0 Å². The van der Waals surface area contributed by atoms with E-state index in [0.29, 0.717) is 30.7 Å². The van der Waals surface area contributed by atoms with Crippen LogP contribution in [0.25, 0.3) is 0 Å². The Morgan fingerprint density at radius 2 is 1.84 bits per heavy atom. The summed E-state index contributed by atoms with van der Waals surface area (Å²) in [7, 11) is -3.89. The van der Waals surface area contributed by atoms with E-state index in [4.69, 9.17) is 4.74 Å². The number of alkyl halides is 3. The molecule has 12 heteroatoms. The average Bonchev–Trinajstić information content (AvgIpc) is 3.44. The van der Waals surface area contributed by atoms with Crippen LogP contribution in [0.5, 0.6) is 5.88 Å². The molecule has 0 amide bonds. The molecule has 5 rings (SSSR count). The van der Waals surface area contributed by atoms with E-state index in [9.17, 15) is 21.6 Å². The molecule has 1 aliphatic carbocycles. The standard InChI is InChI=1S/C26H28F3N5O3S/c27-26(28,29)20-5-3-4-18(14-20)19-6-8-23(22(15-19)34-12-1-2-13-34)37-25-9-7-21(16-31-25)38(35,36)33-24-10-11-30-17-32-24/h3-5,7,9-11,14,16-17,19,22-23H,1-2,6,8,12-13,15H2,(H,30,32,33)/t19-,22-,23-/m0/s1. The van der Waals surface area contributed by atoms with Crippen LogP contribution in [-0.4, -0.2) is 53.5 Å². The molecule has 1 N–H and O–H groups in total. The van der Waals surface area contributed by atoms with E-state index in [-0.39, 0.29) is 28.8 Å². The summed E-state index contributed by atoms with van der Waals surface area (Å²) < 4.78 is 73.8. The number of benzene rings is 1. The van der Waals surface area contributed by atoms with Crippen molar-refractivity contribution in [1.29, 1.82) is 0 Å². The second-order valence-electron chi connectivity index (χ2n) is 9.63. The molecule has 3 heterocycles. The topological polar surface area (TPSA) is 97.3 Å². The fraction of sp³-hybridized carbons (Fsp3) is 0.423. The lowest BCUT2D eigenvalue weighted by Gasteiger charge is -2.41. The first-order valence-corrected chi connectivity index (χ1v) is 14.0. The lowest BCUT2D eigenvalue weighted by atomic mass is 9.79. The van der Waals surface area contributed by atoms with Gasteiger partial charge in [-0.1, -0.05) is 18.2 Å². The predicted octanol–water partition coefficient (Wildman–Crippen LogP) is 4.87. The van der Waals surface area contributed by atoms with Gasteiger partial charge in [0.25, 0.3) is 10.0 Å². The maximum Gasteiger partial charge on any atom is 0.416 e. The molecule has 1 aliphatic heterocycles. The van der Waals surface area contributed by atoms with Gasteiger partial charge in [0.05, 0.1) is 11.8 Å². The largest absolute Gasteiger partial charge is 0.473 e. The molecule has 1 saturated heterocycles. The minimum Gasteiger partial charge on any atom is -0.473 e. The van der Waals surface area contributed by atoms with E-state index in [2.05, 4.69) is 24.6 Å². The van der Waals surface area contributed by atoms with Crippen molar-refractivity contribution in [3.05, 3.63) is 72.3 Å². The Bertz CT molecular complexity index is 1330. The molecule has 38 heavy (non-hydrogen) atoms. The zero-order chi connectivity index (χ0) is 26.8. The summed E-state index contributed by atoms with van der Waals surface area (Å²) in [4.78, 5) is 14.2. The lowest BCUT2D eigenvalue weighted by molar-refractivity contribution is -0.137. The van der Waals surface area contributed by atoms with Crippen LogP contribution < -0.4 is 9.46 Å². The van der Waals surface area contributed by atoms with Crippen LogP contribution in [0, 0.1) is 0 Å². The molecule has 8 nitrogen and oxygen atoms in total. The van der Waals surface area contributed by atoms with Gasteiger partial charge in [-0.3, -0.25) is 9.62 Å². The number of pyridine rings is 1. The minimum absolute atomic E-state index is 0.00361. The highest BCUT2D eigenvalue weighted by atomic mass is 32.2. The monoisotopic (exact) mass is 547 g/mol. The van der Waals surface area contributed by atoms with Crippen molar-refractivity contribution in [1.82, 2.24) is 19.9 Å². The summed E-state index contributed by atoms with van der Waals surface area (Å²) in [6.45, 7) is 1.83. The molecular weight excluding hydrogens is 519 g/mol. The molecule has 2 fully saturated rings. The van der Waals surface area contributed by atoms with Gasteiger partial charge >= 0.3 is 6.18 Å². The van der Waals surface area contributed by atoms with Crippen LogP contribution >= 0.6 is 0 Å². The number of anilines is 1. The van der Waals surface area contributed by atoms with Crippen LogP contribution in [0.15, 0.2) is 66.1 Å². The average molecular weight is 548 g/mol. The van der Waals surface area contributed by atoms with Crippen LogP contribution in [0.2, 0.25) is 0 Å². The Kier molecular flexibility index (Phi) is 7.53. The SMILES string of the molecule is O=S(=O)(Nc1ccncn1)c1ccc(O[C@H]2CC[C@H](c3cccc(C(F)(F)F)c3)C[C@@H]2N2CCCC2)nc1. The first-order chi connectivity index (χ1) is 18.2. The summed E-state index contributed by atoms with van der Waals surface area (Å²) in [5.41, 5.74) is 0.0749. The third-order valence-corrected chi connectivity index (χ3v) is 8.50. The molecule has 0 radical (unpaired) electrons. The summed E-state index contributed by atoms with van der Waals surface area (Å²) in [6, 6.07) is 10.0. The van der Waals surface area contributed by atoms with Crippen LogP contribution in [0.4, 0.5) is 19.0 Å². The summed E-state index contributed by atoms with van der Waals surface area (Å²) in [5.74, 6) is 0.445. The third kappa shape index (κ3) is 6.07. The van der Waals surface area contributed by atoms with E-state index in [0.717, 1.165) is 32.0 Å². The highest BCUT2D eigenvalue weighted by Crippen LogP contribution is 2.39. The summed E-state index contributed by atoms with van der Waals surface area (Å²) in [5, 5.41) is 0. The van der Waals surface area contributed by atoms with E-state index in [1.165, 1.54) is 49.1 Å². The zero-order valence-electron chi connectivity index (χ0n) is 20.5. The minimum atomic E-state index is -4.37. The Morgan fingerprint density at radius 3 is 2.53 bits per heavy atom. The number of sulfonamides is 1. The number of halogens is 3. The number of hydrogen-bond donors (Lipinski definition) is 1. The first kappa shape index (κ1) is 26.4. The predicted molar refractivity (Wildman–Crippen MR) is 134 cm³/mol. The number of likely N-dealkylation sites (tertiary alicyclic amines) is 1. The van der Waals surface area contributed by atoms with Crippen LogP contribution in [0.3, 0.4) is 0 Å². The third-order valence-electron chi connectivity index (χ3n) is 7.16. The van der Waals surface area contributed by atoms with Crippen molar-refractivity contribution in [2.75, 3.05) is 17.8 Å². The summed E-state index contributed by atoms with van der Waals surface area (Å²) >= 11 is 0. The first-order valence-electron chi connectivity index (χ1n) is 12.5. The van der Waals surface area contributed by atoms with Gasteiger partial charge in [-0.2, -0.15) is 13.2 Å². The molecule has 0 bridgehead atoms. The molecule has 2 aliphatic rings. The number of aromatic nitrogens is 3. The fourth-order valence-corrected chi connectivity index (χ4v) is 6.24. The molecule has 3 atom stereocenters. The van der Waals surface area contributed by atoms with Crippen molar-refractivity contribution in [2.24, 2.45) is 0 Å². The highest BCUT2D eigenvalue weighted by Gasteiger charge is 2.38. The second-order valence-corrected chi connectivity index (χ2v) is 11.3. The van der Waals surface area contributed by atoms with E-state index in [1.54, 1.807) is 6.07 Å². The maximum absolute atomic E-state index is 13.3. The van der Waals surface area contributed by atoms with Crippen molar-refractivity contribution >= 4 is 15.8 Å². The number of ether oxygens (including phenoxy) is 1. The van der Waals surface area contributed by atoms with Crippen molar-refractivity contribution in [3.63, 3.8) is 0 Å². The molecule has 0 spiro atoms. The van der Waals surface area contributed by atoms with Gasteiger partial charge in [0.15, 0.2) is 0 Å². The Balaban J connectivity index is 1.30. The van der Waals surface area contributed by atoms with Gasteiger partial charge in [0, 0.05) is 18.3 Å². The molecule has 3 aromatic rings. The zero-order valence-corrected chi connectivity index (χ0v) is 21.3.